The van der Waals surface area contributed by atoms with E-state index in [1.165, 1.54) is 38.5 Å². The topological polar surface area (TPSA) is 81.2 Å². The molecule has 16 heteroatoms. The summed E-state index contributed by atoms with van der Waals surface area (Å²) in [6.45, 7) is 28.5. The Kier molecular flexibility index (Phi) is 96.5. The van der Waals surface area contributed by atoms with Crippen LogP contribution in [0.4, 0.5) is 22.7 Å². The van der Waals surface area contributed by atoms with Crippen molar-refractivity contribution in [3.63, 3.8) is 0 Å². The molecule has 4 aliphatic rings. The van der Waals surface area contributed by atoms with Crippen molar-refractivity contribution in [3.05, 3.63) is 175 Å². The maximum atomic E-state index is 11.8. The third kappa shape index (κ3) is 47.3. The Morgan fingerprint density at radius 3 is 0.756 bits per heavy atom. The molecule has 8 nitrogen and oxygen atoms in total. The van der Waals surface area contributed by atoms with E-state index in [0.29, 0.717) is 0 Å². The van der Waals surface area contributed by atoms with Gasteiger partial charge < -0.3 is 73.0 Å². The van der Waals surface area contributed by atoms with Crippen molar-refractivity contribution in [2.45, 2.75) is 225 Å². The minimum absolute atomic E-state index is 0. The van der Waals surface area contributed by atoms with E-state index in [-0.39, 0.29) is 242 Å². The summed E-state index contributed by atoms with van der Waals surface area (Å²) in [6, 6.07) is 44.2. The minimum Gasteiger partial charge on any atom is -0.363 e. The molecule has 0 heterocycles. The number of para-hydroxylation sites is 4. The fourth-order valence-corrected chi connectivity index (χ4v) is 8.50. The zero-order chi connectivity index (χ0) is 54.9. The van der Waals surface area contributed by atoms with Crippen LogP contribution in [-0.4, -0.2) is 81.4 Å². The van der Waals surface area contributed by atoms with Gasteiger partial charge in [-0.1, -0.05) is 169 Å². The number of rotatable bonds is 8. The minimum atomic E-state index is 0. The zero-order valence-electron chi connectivity index (χ0n) is 51.5. The first-order chi connectivity index (χ1) is 35.8. The largest absolute Gasteiger partial charge is 3.00 e. The van der Waals surface area contributed by atoms with Crippen LogP contribution in [0, 0.1) is 77.6 Å². The molecule has 456 valence electrons. The number of nitrogens with zero attached hydrogens (tertiary/aromatic N) is 4. The van der Waals surface area contributed by atoms with E-state index >= 15 is 0 Å². The Morgan fingerprint density at radius 2 is 0.570 bits per heavy atom. The Labute approximate surface area is 641 Å². The maximum Gasteiger partial charge on any atom is 3.00 e. The van der Waals surface area contributed by atoms with Crippen molar-refractivity contribution < 1.29 is 150 Å². The molecule has 0 bridgehead atoms. The van der Waals surface area contributed by atoms with Crippen LogP contribution in [0.15, 0.2) is 97.1 Å². The molecule has 4 fully saturated rings. The summed E-state index contributed by atoms with van der Waals surface area (Å²) in [5.41, 5.74) is 3.54. The Balaban J connectivity index is -0.0000000765. The summed E-state index contributed by atoms with van der Waals surface area (Å²) in [5.74, 6) is 0.398. The van der Waals surface area contributed by atoms with E-state index in [9.17, 15) is 19.2 Å². The number of anilines is 4. The van der Waals surface area contributed by atoms with Gasteiger partial charge in [0, 0.05) is 61.3 Å². The number of carbonyl (C=O) groups excluding carboxylic acids is 4. The number of amides is 4. The Morgan fingerprint density at radius 1 is 0.372 bits per heavy atom. The molecule has 86 heavy (non-hydrogen) atoms. The molecule has 0 saturated heterocycles. The molecular formula is C70H108B4N4O4Y4. The summed E-state index contributed by atoms with van der Waals surface area (Å²) in [5, 5.41) is 0. The van der Waals surface area contributed by atoms with E-state index in [1.54, 1.807) is 27.7 Å². The number of benzene rings is 4. The molecule has 0 spiro atoms. The van der Waals surface area contributed by atoms with Crippen molar-refractivity contribution in [3.8, 4) is 0 Å². The van der Waals surface area contributed by atoms with Crippen LogP contribution in [0.25, 0.3) is 0 Å². The third-order valence-corrected chi connectivity index (χ3v) is 11.6. The maximum absolute atomic E-state index is 11.8. The fourth-order valence-electron chi connectivity index (χ4n) is 8.50. The van der Waals surface area contributed by atoms with Gasteiger partial charge in [-0.3, -0.25) is 19.2 Å². The molecule has 8 rings (SSSR count). The normalized spacial score (nSPS) is 15.5. The number of carbonyl (C=O) groups is 4. The third-order valence-electron chi connectivity index (χ3n) is 11.6. The quantitative estimate of drug-likeness (QED) is 0.1000. The molecule has 0 aliphatic heterocycles. The molecule has 4 atom stereocenters. The van der Waals surface area contributed by atoms with Gasteiger partial charge in [0.2, 0.25) is 23.6 Å². The second-order valence-corrected chi connectivity index (χ2v) is 18.2. The van der Waals surface area contributed by atoms with Gasteiger partial charge in [0.15, 0.2) is 0 Å². The molecule has 0 N–H and O–H groups in total. The van der Waals surface area contributed by atoms with Gasteiger partial charge in [0.05, 0.1) is 0 Å². The first kappa shape index (κ1) is 113. The number of hydrogen-bond acceptors (Lipinski definition) is 4. The predicted molar refractivity (Wildman–Crippen MR) is 363 cm³/mol. The van der Waals surface area contributed by atoms with Crippen LogP contribution in [0.5, 0.6) is 0 Å². The van der Waals surface area contributed by atoms with Gasteiger partial charge >= 0.3 is 131 Å². The van der Waals surface area contributed by atoms with Crippen LogP contribution in [0.1, 0.15) is 201 Å². The number of hydrogen-bond donors (Lipinski definition) is 0. The molecule has 4 saturated carbocycles. The van der Waals surface area contributed by atoms with Crippen LogP contribution >= 0.6 is 0 Å². The van der Waals surface area contributed by atoms with Gasteiger partial charge in [0.1, 0.15) is 0 Å². The van der Waals surface area contributed by atoms with Crippen molar-refractivity contribution in [1.29, 1.82) is 0 Å². The summed E-state index contributed by atoms with van der Waals surface area (Å²) in [6.07, 6.45) is 29.0. The van der Waals surface area contributed by atoms with Crippen LogP contribution in [0.2, 0.25) is 0 Å². The molecule has 0 aromatic heterocycles. The van der Waals surface area contributed by atoms with Crippen molar-refractivity contribution in [1.82, 2.24) is 0 Å². The van der Waals surface area contributed by atoms with Gasteiger partial charge in [-0.05, 0) is 0 Å². The van der Waals surface area contributed by atoms with E-state index < -0.39 is 0 Å². The van der Waals surface area contributed by atoms with Gasteiger partial charge in [-0.15, -0.1) is 24.3 Å². The molecule has 4 aromatic carbocycles. The van der Waals surface area contributed by atoms with Gasteiger partial charge in [-0.25, -0.2) is 0 Å². The molecule has 4 aliphatic carbocycles. The second-order valence-electron chi connectivity index (χ2n) is 18.2. The van der Waals surface area contributed by atoms with Gasteiger partial charge in [-0.2, -0.15) is 148 Å². The average molecular weight is 1470 g/mol. The van der Waals surface area contributed by atoms with Crippen molar-refractivity contribution >= 4 is 80.0 Å². The van der Waals surface area contributed by atoms with Gasteiger partial charge in [0.25, 0.3) is 0 Å². The van der Waals surface area contributed by atoms with Crippen LogP contribution in [0.3, 0.4) is 0 Å². The second kappa shape index (κ2) is 73.5. The van der Waals surface area contributed by atoms with Crippen LogP contribution in [-0.2, 0) is 150 Å². The molecule has 4 unspecified atom stereocenters. The monoisotopic (exact) mass is 1470 g/mol. The van der Waals surface area contributed by atoms with Crippen molar-refractivity contribution in [2.24, 2.45) is 0 Å². The van der Waals surface area contributed by atoms with E-state index in [4.69, 9.17) is 0 Å². The average Bonchev–Trinajstić information content (AvgIpc) is 3.77. The molecular weight excluding hydrogens is 1360 g/mol. The Hall–Kier alpha value is -0.565. The Bertz CT molecular complexity index is 2010. The molecule has 4 amide bonds. The predicted octanol–water partition coefficient (Wildman–Crippen LogP) is 17.1. The summed E-state index contributed by atoms with van der Waals surface area (Å²) < 4.78 is 0. The summed E-state index contributed by atoms with van der Waals surface area (Å²) >= 11 is 0. The first-order valence-corrected chi connectivity index (χ1v) is 27.4. The first-order valence-electron chi connectivity index (χ1n) is 27.4. The van der Waals surface area contributed by atoms with E-state index in [0.717, 1.165) is 99.8 Å². The summed E-state index contributed by atoms with van der Waals surface area (Å²) in [7, 11) is 0. The molecule has 4 aromatic rings. The van der Waals surface area contributed by atoms with E-state index in [2.05, 4.69) is 77.6 Å². The van der Waals surface area contributed by atoms with Crippen molar-refractivity contribution in [2.75, 3.05) is 19.6 Å². The smallest absolute Gasteiger partial charge is 0.363 e. The molecule has 12 radical (unpaired) electrons. The fraction of sp³-hybridized carbons (Fsp3) is 0.486. The van der Waals surface area contributed by atoms with Crippen LogP contribution < -0.4 is 19.6 Å². The summed E-state index contributed by atoms with van der Waals surface area (Å²) in [4.78, 5) is 54.0. The SMILES string of the molecule is C.C.C.C.CC(=O)N(c1[c-]cccc1)C1[CH-]CC1.CC(=O)N(c1[c-]cccc1)C1[CH-]CCC1.CC(=O)N(c1[c-]cccc1)C1[CH-]CCCC1.CC(=O)N(c1[c-]cccc1)C1[CH-]CCCCC1.[B].[B].[B].[B].[CH2-]CC.[CH2-]CC.[CH2-]CC.[CH2-]CC.[Y+3].[Y+3].[Y+3].[Y+3]. The zero-order valence-corrected chi connectivity index (χ0v) is 62.8. The standard InChI is InChI=1S/C15H19NO.C14H17NO.C13H15NO.C12H13NO.4C3H7.4CH4.4B.4Y/c1-13(17)16(15-11-7-4-8-12-15)14-9-5-2-3-6-10-14;1-12(16)15(13-8-4-2-5-9-13)14-10-6-3-7-11-14;1-11(15)14(13-9-5-6-10-13)12-7-3-2-4-8-12;1-10(14)13(12-8-5-9-12)11-6-3-2-4-7-11;4*1-3-2;;;;;;;;;;;;/h4,7-9,11,14H,2-3,5-6,10H2,1H3;2,4-5,8,10,14H,3,6-7,11H2,1H3;2-4,7,9,13H,5-6,10H2,1H3;2-4,6,8,12H,5,9H2,1H3;4*1,3H2,2H3;4*1H4;;;;;;;;/q4*-2;4*-1;;;;;;;;;4*+3. The van der Waals surface area contributed by atoms with E-state index in [1.807, 2.05) is 144 Å².